The van der Waals surface area contributed by atoms with Gasteiger partial charge in [-0.25, -0.2) is 9.78 Å². The fourth-order valence-corrected chi connectivity index (χ4v) is 5.40. The van der Waals surface area contributed by atoms with Gasteiger partial charge in [-0.2, -0.15) is 4.68 Å². The Morgan fingerprint density at radius 1 is 1.17 bits per heavy atom. The van der Waals surface area contributed by atoms with Gasteiger partial charge in [-0.05, 0) is 77.4 Å². The van der Waals surface area contributed by atoms with E-state index >= 15 is 0 Å². The second kappa shape index (κ2) is 11.0. The zero-order chi connectivity index (χ0) is 28.5. The predicted octanol–water partition coefficient (Wildman–Crippen LogP) is 4.20. The number of imidazole rings is 1. The van der Waals surface area contributed by atoms with Gasteiger partial charge in [-0.3, -0.25) is 9.69 Å². The van der Waals surface area contributed by atoms with Crippen molar-refractivity contribution in [2.45, 2.75) is 18.9 Å². The fourth-order valence-electron chi connectivity index (χ4n) is 5.22. The average Bonchev–Trinajstić information content (AvgIpc) is 3.74. The molecular formula is C28H25ClN8O4. The lowest BCUT2D eigenvalue weighted by Crippen LogP contribution is -2.32. The number of aromatic amines is 1. The second-order valence-corrected chi connectivity index (χ2v) is 10.0. The Morgan fingerprint density at radius 2 is 2.00 bits per heavy atom. The lowest BCUT2D eigenvalue weighted by Gasteiger charge is -2.19. The van der Waals surface area contributed by atoms with Crippen molar-refractivity contribution in [3.05, 3.63) is 93.9 Å². The number of aromatic nitrogens is 7. The smallest absolute Gasteiger partial charge is 0.411 e. The molecule has 208 valence electrons. The number of tetrazole rings is 1. The number of ether oxygens (including phenoxy) is 1. The molecule has 0 radical (unpaired) electrons. The first-order chi connectivity index (χ1) is 19.9. The highest BCUT2D eigenvalue weighted by Gasteiger charge is 2.27. The minimum absolute atomic E-state index is 0.132. The largest absolute Gasteiger partial charge is 0.465 e. The molecule has 13 heteroatoms. The Hall–Kier alpha value is -4.81. The zero-order valence-electron chi connectivity index (χ0n) is 21.9. The highest BCUT2D eigenvalue weighted by Crippen LogP contribution is 2.34. The maximum absolute atomic E-state index is 13.5. The van der Waals surface area contributed by atoms with Crippen LogP contribution in [0.25, 0.3) is 28.2 Å². The summed E-state index contributed by atoms with van der Waals surface area (Å²) in [5.74, 6) is 0.633. The number of carbonyl (C=O) groups is 1. The number of fused-ring (bicyclic) bond motifs is 1. The average molecular weight is 573 g/mol. The lowest BCUT2D eigenvalue weighted by molar-refractivity contribution is 0.186. The minimum atomic E-state index is -1.05. The summed E-state index contributed by atoms with van der Waals surface area (Å²) in [6, 6.07) is 15.9. The molecular weight excluding hydrogens is 548 g/mol. The molecule has 41 heavy (non-hydrogen) atoms. The molecule has 2 aromatic carbocycles. The van der Waals surface area contributed by atoms with Crippen LogP contribution in [0.5, 0.6) is 0 Å². The van der Waals surface area contributed by atoms with Gasteiger partial charge in [0.25, 0.3) is 5.56 Å². The molecule has 0 aliphatic carbocycles. The highest BCUT2D eigenvalue weighted by molar-refractivity contribution is 6.31. The quantitative estimate of drug-likeness (QED) is 0.281. The van der Waals surface area contributed by atoms with E-state index in [0.717, 1.165) is 34.5 Å². The van der Waals surface area contributed by atoms with E-state index in [9.17, 15) is 14.7 Å². The zero-order valence-corrected chi connectivity index (χ0v) is 22.7. The molecule has 0 saturated heterocycles. The number of methoxy groups -OCH3 is 1. The summed E-state index contributed by atoms with van der Waals surface area (Å²) < 4.78 is 8.35. The van der Waals surface area contributed by atoms with Crippen LogP contribution < -0.4 is 10.5 Å². The van der Waals surface area contributed by atoms with Crippen LogP contribution in [0.3, 0.4) is 0 Å². The van der Waals surface area contributed by atoms with E-state index in [0.29, 0.717) is 35.2 Å². The van der Waals surface area contributed by atoms with E-state index in [4.69, 9.17) is 16.3 Å². The fraction of sp³-hybridized carbons (Fsp3) is 0.214. The Balaban J connectivity index is 1.28. The van der Waals surface area contributed by atoms with Gasteiger partial charge >= 0.3 is 6.09 Å². The lowest BCUT2D eigenvalue weighted by atomic mass is 10.0. The Labute approximate surface area is 238 Å². The first-order valence-corrected chi connectivity index (χ1v) is 13.2. The molecule has 4 heterocycles. The van der Waals surface area contributed by atoms with Gasteiger partial charge in [0.15, 0.2) is 0 Å². The van der Waals surface area contributed by atoms with Crippen molar-refractivity contribution >= 4 is 23.4 Å². The molecule has 2 N–H and O–H groups in total. The SMILES string of the molecule is COCCN(C(=O)O)c1ccc(-c2ncc([C@@H]3CCc4cc(-c5cc(Cl)ccc5-n5cnnn5)cc(=O)n43)[nH]2)cc1. The van der Waals surface area contributed by atoms with E-state index in [2.05, 4.69) is 25.5 Å². The third-order valence-corrected chi connectivity index (χ3v) is 7.39. The second-order valence-electron chi connectivity index (χ2n) is 9.57. The number of aryl methyl sites for hydroxylation is 1. The third kappa shape index (κ3) is 5.10. The van der Waals surface area contributed by atoms with Crippen molar-refractivity contribution in [3.8, 4) is 28.2 Å². The third-order valence-electron chi connectivity index (χ3n) is 7.16. The molecule has 1 aliphatic heterocycles. The topological polar surface area (TPSA) is 144 Å². The molecule has 0 saturated carbocycles. The molecule has 6 rings (SSSR count). The van der Waals surface area contributed by atoms with E-state index in [1.807, 2.05) is 24.3 Å². The summed E-state index contributed by atoms with van der Waals surface area (Å²) in [6.45, 7) is 0.517. The predicted molar refractivity (Wildman–Crippen MR) is 152 cm³/mol. The molecule has 1 atom stereocenters. The van der Waals surface area contributed by atoms with Crippen molar-refractivity contribution < 1.29 is 14.6 Å². The van der Waals surface area contributed by atoms with Gasteiger partial charge in [-0.15, -0.1) is 5.10 Å². The van der Waals surface area contributed by atoms with Crippen molar-refractivity contribution in [1.82, 2.24) is 34.7 Å². The van der Waals surface area contributed by atoms with Crippen LogP contribution in [-0.2, 0) is 11.2 Å². The summed E-state index contributed by atoms with van der Waals surface area (Å²) in [7, 11) is 1.53. The molecule has 5 aromatic rings. The maximum atomic E-state index is 13.5. The van der Waals surface area contributed by atoms with Gasteiger partial charge in [-0.1, -0.05) is 11.6 Å². The number of rotatable bonds is 8. The Bertz CT molecular complexity index is 1760. The van der Waals surface area contributed by atoms with Crippen LogP contribution in [0.2, 0.25) is 5.02 Å². The number of halogens is 1. The molecule has 3 aromatic heterocycles. The minimum Gasteiger partial charge on any atom is -0.465 e. The summed E-state index contributed by atoms with van der Waals surface area (Å²) in [4.78, 5) is 34.2. The van der Waals surface area contributed by atoms with E-state index in [1.54, 1.807) is 41.1 Å². The van der Waals surface area contributed by atoms with Crippen molar-refractivity contribution in [2.75, 3.05) is 25.2 Å². The molecule has 1 aliphatic rings. The normalized spacial score (nSPS) is 14.2. The molecule has 0 fully saturated rings. The number of hydrogen-bond donors (Lipinski definition) is 2. The summed E-state index contributed by atoms with van der Waals surface area (Å²) in [6.07, 6.45) is 3.64. The van der Waals surface area contributed by atoms with Gasteiger partial charge in [0.05, 0.1) is 36.8 Å². The standard InChI is InChI=1S/C28H25ClN8O4/c1-41-11-10-35(28(39)40)20-5-2-17(3-6-20)27-30-15-23(32-27)25-9-7-21-12-18(13-26(38)37(21)25)22-14-19(29)4-8-24(22)36-16-31-33-34-36/h2-6,8,12-16,25H,7,9-11H2,1H3,(H,30,32)(H,39,40)/t25-/m0/s1. The number of H-pyrrole nitrogens is 1. The number of nitrogens with zero attached hydrogens (tertiary/aromatic N) is 7. The Morgan fingerprint density at radius 3 is 2.73 bits per heavy atom. The van der Waals surface area contributed by atoms with Crippen molar-refractivity contribution in [3.63, 3.8) is 0 Å². The number of hydrogen-bond acceptors (Lipinski definition) is 7. The first-order valence-electron chi connectivity index (χ1n) is 12.9. The van der Waals surface area contributed by atoms with Crippen LogP contribution in [0.15, 0.2) is 71.9 Å². The van der Waals surface area contributed by atoms with Gasteiger partial charge < -0.3 is 19.4 Å². The van der Waals surface area contributed by atoms with Gasteiger partial charge in [0, 0.05) is 40.7 Å². The Kier molecular flexibility index (Phi) is 7.08. The van der Waals surface area contributed by atoms with Crippen molar-refractivity contribution in [2.24, 2.45) is 0 Å². The van der Waals surface area contributed by atoms with E-state index in [-0.39, 0.29) is 18.1 Å². The molecule has 0 spiro atoms. The highest BCUT2D eigenvalue weighted by atomic mass is 35.5. The van der Waals surface area contributed by atoms with Crippen LogP contribution in [0, 0.1) is 0 Å². The first kappa shape index (κ1) is 26.4. The van der Waals surface area contributed by atoms with Crippen LogP contribution >= 0.6 is 11.6 Å². The number of carboxylic acid groups (broad SMARTS) is 1. The van der Waals surface area contributed by atoms with E-state index in [1.165, 1.54) is 23.0 Å². The molecule has 12 nitrogen and oxygen atoms in total. The van der Waals surface area contributed by atoms with Crippen LogP contribution in [-0.4, -0.2) is 66.2 Å². The van der Waals surface area contributed by atoms with E-state index < -0.39 is 6.09 Å². The number of nitrogens with one attached hydrogen (secondary N) is 1. The molecule has 0 bridgehead atoms. The summed E-state index contributed by atoms with van der Waals surface area (Å²) >= 11 is 6.31. The molecule has 1 amide bonds. The van der Waals surface area contributed by atoms with Crippen molar-refractivity contribution in [1.29, 1.82) is 0 Å². The van der Waals surface area contributed by atoms with Crippen LogP contribution in [0.1, 0.15) is 23.9 Å². The van der Waals surface area contributed by atoms with Crippen LogP contribution in [0.4, 0.5) is 10.5 Å². The summed E-state index contributed by atoms with van der Waals surface area (Å²) in [5.41, 5.74) is 5.15. The summed E-state index contributed by atoms with van der Waals surface area (Å²) in [5, 5.41) is 21.5. The maximum Gasteiger partial charge on any atom is 0.411 e. The number of benzene rings is 2. The number of amides is 1. The van der Waals surface area contributed by atoms with Gasteiger partial charge in [0.2, 0.25) is 0 Å². The molecule has 0 unspecified atom stereocenters. The monoisotopic (exact) mass is 572 g/mol. The van der Waals surface area contributed by atoms with Gasteiger partial charge in [0.1, 0.15) is 12.2 Å². The number of anilines is 1. The number of pyridine rings is 1.